The van der Waals surface area contributed by atoms with Crippen LogP contribution in [-0.4, -0.2) is 70.0 Å². The Morgan fingerprint density at radius 3 is 2.69 bits per heavy atom. The van der Waals surface area contributed by atoms with E-state index in [4.69, 9.17) is 4.74 Å². The molecule has 0 aliphatic carbocycles. The van der Waals surface area contributed by atoms with Crippen LogP contribution in [0.15, 0.2) is 30.3 Å². The first-order chi connectivity index (χ1) is 15.4. The lowest BCUT2D eigenvalue weighted by molar-refractivity contribution is -0.142. The van der Waals surface area contributed by atoms with E-state index in [2.05, 4.69) is 26.6 Å². The number of amides is 3. The third-order valence-electron chi connectivity index (χ3n) is 6.76. The van der Waals surface area contributed by atoms with Gasteiger partial charge in [0.2, 0.25) is 17.7 Å². The third-order valence-corrected chi connectivity index (χ3v) is 7.60. The maximum absolute atomic E-state index is 13.6. The van der Waals surface area contributed by atoms with Gasteiger partial charge < -0.3 is 25.4 Å². The number of alkyl halides is 1. The van der Waals surface area contributed by atoms with Crippen LogP contribution < -0.4 is 10.6 Å². The average Bonchev–Trinajstić information content (AvgIpc) is 3.38. The van der Waals surface area contributed by atoms with Gasteiger partial charge in [-0.15, -0.1) is 0 Å². The molecule has 9 heteroatoms. The molecule has 3 aliphatic rings. The van der Waals surface area contributed by atoms with Gasteiger partial charge in [0, 0.05) is 31.1 Å². The van der Waals surface area contributed by atoms with E-state index in [1.54, 1.807) is 0 Å². The molecule has 3 N–H and O–H groups in total. The Labute approximate surface area is 196 Å². The molecule has 3 aliphatic heterocycles. The van der Waals surface area contributed by atoms with Gasteiger partial charge in [0.1, 0.15) is 11.6 Å². The van der Waals surface area contributed by atoms with Crippen LogP contribution >= 0.6 is 15.9 Å². The molecule has 1 spiro atoms. The molecule has 0 saturated carbocycles. The highest BCUT2D eigenvalue weighted by Gasteiger charge is 2.76. The summed E-state index contributed by atoms with van der Waals surface area (Å²) in [7, 11) is 0. The summed E-state index contributed by atoms with van der Waals surface area (Å²) in [6, 6.07) is 8.71. The zero-order chi connectivity index (χ0) is 22.9. The SMILES string of the molecule is CCCNC(=O)[C@H]1[C@@H]2OC3(CC2Br)C(C(=O)NCc2ccccc2)N(CCCO)C(=O)[C@H]13. The van der Waals surface area contributed by atoms with Crippen molar-refractivity contribution in [1.29, 1.82) is 0 Å². The number of aliphatic hydroxyl groups is 1. The number of rotatable bonds is 9. The Morgan fingerprint density at radius 1 is 1.25 bits per heavy atom. The van der Waals surface area contributed by atoms with Crippen LogP contribution in [0.1, 0.15) is 31.7 Å². The second-order valence-corrected chi connectivity index (χ2v) is 9.94. The molecule has 32 heavy (non-hydrogen) atoms. The number of hydrogen-bond acceptors (Lipinski definition) is 5. The molecule has 3 saturated heterocycles. The predicted molar refractivity (Wildman–Crippen MR) is 121 cm³/mol. The first-order valence-corrected chi connectivity index (χ1v) is 12.2. The fourth-order valence-electron chi connectivity index (χ4n) is 5.46. The fraction of sp³-hybridized carbons (Fsp3) is 0.609. The van der Waals surface area contributed by atoms with Gasteiger partial charge in [-0.1, -0.05) is 53.2 Å². The van der Waals surface area contributed by atoms with Gasteiger partial charge in [0.05, 0.1) is 17.9 Å². The molecule has 1 aromatic rings. The number of nitrogens with zero attached hydrogens (tertiary/aromatic N) is 1. The summed E-state index contributed by atoms with van der Waals surface area (Å²) in [5.41, 5.74) is -0.103. The van der Waals surface area contributed by atoms with Crippen LogP contribution in [-0.2, 0) is 25.7 Å². The Bertz CT molecular complexity index is 868. The van der Waals surface area contributed by atoms with Crippen LogP contribution in [0, 0.1) is 11.8 Å². The summed E-state index contributed by atoms with van der Waals surface area (Å²) in [5, 5.41) is 15.2. The highest BCUT2D eigenvalue weighted by molar-refractivity contribution is 9.09. The highest BCUT2D eigenvalue weighted by atomic mass is 79.9. The van der Waals surface area contributed by atoms with Gasteiger partial charge in [-0.3, -0.25) is 14.4 Å². The molecule has 0 radical (unpaired) electrons. The maximum atomic E-state index is 13.6. The van der Waals surface area contributed by atoms with Crippen molar-refractivity contribution in [2.24, 2.45) is 11.8 Å². The quantitative estimate of drug-likeness (QED) is 0.431. The van der Waals surface area contributed by atoms with Crippen molar-refractivity contribution in [3.8, 4) is 0 Å². The van der Waals surface area contributed by atoms with Crippen molar-refractivity contribution in [3.05, 3.63) is 35.9 Å². The summed E-state index contributed by atoms with van der Waals surface area (Å²) in [4.78, 5) is 41.4. The molecule has 1 aromatic carbocycles. The summed E-state index contributed by atoms with van der Waals surface area (Å²) < 4.78 is 6.38. The van der Waals surface area contributed by atoms with Crippen LogP contribution in [0.25, 0.3) is 0 Å². The Morgan fingerprint density at radius 2 is 2.00 bits per heavy atom. The van der Waals surface area contributed by atoms with E-state index in [1.165, 1.54) is 4.90 Å². The zero-order valence-corrected chi connectivity index (χ0v) is 19.7. The van der Waals surface area contributed by atoms with E-state index in [-0.39, 0.29) is 35.7 Å². The molecule has 174 valence electrons. The summed E-state index contributed by atoms with van der Waals surface area (Å²) in [5.74, 6) is -2.08. The van der Waals surface area contributed by atoms with Crippen LogP contribution in [0.2, 0.25) is 0 Å². The van der Waals surface area contributed by atoms with Gasteiger partial charge in [0.25, 0.3) is 0 Å². The fourth-order valence-corrected chi connectivity index (χ4v) is 6.40. The van der Waals surface area contributed by atoms with Crippen LogP contribution in [0.3, 0.4) is 0 Å². The minimum atomic E-state index is -1.06. The number of hydrogen-bond donors (Lipinski definition) is 3. The topological polar surface area (TPSA) is 108 Å². The standard InChI is InChI=1S/C23H30BrN3O5/c1-2-9-25-20(29)16-17-22(31)27(10-6-11-28)19(23(17)12-15(24)18(16)32-23)21(30)26-13-14-7-4-3-5-8-14/h3-5,7-8,15-19,28H,2,6,9-13H2,1H3,(H,25,29)(H,26,30)/t15?,16-,17+,18-,19?,23?/m1/s1. The number of carbonyl (C=O) groups is 3. The number of aliphatic hydroxyl groups excluding tert-OH is 1. The van der Waals surface area contributed by atoms with Crippen molar-refractivity contribution in [2.75, 3.05) is 19.7 Å². The minimum absolute atomic E-state index is 0.0925. The lowest BCUT2D eigenvalue weighted by atomic mass is 9.70. The van der Waals surface area contributed by atoms with Gasteiger partial charge >= 0.3 is 0 Å². The molecule has 0 aromatic heterocycles. The number of halogens is 1. The third kappa shape index (κ3) is 3.84. The van der Waals surface area contributed by atoms with Crippen molar-refractivity contribution in [2.45, 2.75) is 55.3 Å². The highest BCUT2D eigenvalue weighted by Crippen LogP contribution is 2.59. The summed E-state index contributed by atoms with van der Waals surface area (Å²) in [6.45, 7) is 2.97. The van der Waals surface area contributed by atoms with E-state index in [1.807, 2.05) is 37.3 Å². The molecule has 2 bridgehead atoms. The number of ether oxygens (including phenoxy) is 1. The minimum Gasteiger partial charge on any atom is -0.396 e. The molecule has 3 fully saturated rings. The van der Waals surface area contributed by atoms with E-state index >= 15 is 0 Å². The molecule has 3 unspecified atom stereocenters. The van der Waals surface area contributed by atoms with Gasteiger partial charge in [-0.05, 0) is 24.8 Å². The largest absolute Gasteiger partial charge is 0.396 e. The van der Waals surface area contributed by atoms with Crippen molar-refractivity contribution in [3.63, 3.8) is 0 Å². The Balaban J connectivity index is 1.63. The molecular formula is C23H30BrN3O5. The number of nitrogens with one attached hydrogen (secondary N) is 2. The number of benzene rings is 1. The molecule has 8 nitrogen and oxygen atoms in total. The van der Waals surface area contributed by atoms with Crippen molar-refractivity contribution >= 4 is 33.7 Å². The molecule has 3 heterocycles. The number of likely N-dealkylation sites (tertiary alicyclic amines) is 1. The normalized spacial score (nSPS) is 32.8. The summed E-state index contributed by atoms with van der Waals surface area (Å²) in [6.07, 6.45) is 1.17. The van der Waals surface area contributed by atoms with Gasteiger partial charge in [-0.25, -0.2) is 0 Å². The molecule has 3 amide bonds. The molecular weight excluding hydrogens is 478 g/mol. The smallest absolute Gasteiger partial charge is 0.246 e. The first kappa shape index (κ1) is 23.2. The predicted octanol–water partition coefficient (Wildman–Crippen LogP) is 0.959. The Hall–Kier alpha value is -1.97. The van der Waals surface area contributed by atoms with Crippen LogP contribution in [0.5, 0.6) is 0 Å². The average molecular weight is 508 g/mol. The van der Waals surface area contributed by atoms with Crippen molar-refractivity contribution in [1.82, 2.24) is 15.5 Å². The van der Waals surface area contributed by atoms with E-state index < -0.39 is 29.6 Å². The lowest BCUT2D eigenvalue weighted by Gasteiger charge is -2.34. The number of carbonyl (C=O) groups excluding carboxylic acids is 3. The van der Waals surface area contributed by atoms with Gasteiger partial charge in [0.15, 0.2) is 0 Å². The molecule has 4 rings (SSSR count). The van der Waals surface area contributed by atoms with E-state index in [9.17, 15) is 19.5 Å². The maximum Gasteiger partial charge on any atom is 0.246 e. The van der Waals surface area contributed by atoms with Crippen molar-refractivity contribution < 1.29 is 24.2 Å². The van der Waals surface area contributed by atoms with Crippen LogP contribution in [0.4, 0.5) is 0 Å². The Kier molecular flexibility index (Phi) is 6.88. The second kappa shape index (κ2) is 9.49. The molecule has 6 atom stereocenters. The first-order valence-electron chi connectivity index (χ1n) is 11.3. The number of fused-ring (bicyclic) bond motifs is 1. The second-order valence-electron chi connectivity index (χ2n) is 8.77. The zero-order valence-electron chi connectivity index (χ0n) is 18.1. The summed E-state index contributed by atoms with van der Waals surface area (Å²) >= 11 is 3.64. The van der Waals surface area contributed by atoms with Gasteiger partial charge in [-0.2, -0.15) is 0 Å². The lowest BCUT2D eigenvalue weighted by Crippen LogP contribution is -2.56. The monoisotopic (exact) mass is 507 g/mol. The van der Waals surface area contributed by atoms with E-state index in [0.29, 0.717) is 25.9 Å². The van der Waals surface area contributed by atoms with E-state index in [0.717, 1.165) is 12.0 Å².